The number of nitrogens with zero attached hydrogens (tertiary/aromatic N) is 5. The van der Waals surface area contributed by atoms with Crippen LogP contribution in [0.4, 0.5) is 0 Å². The summed E-state index contributed by atoms with van der Waals surface area (Å²) in [5.41, 5.74) is 28.6. The Labute approximate surface area is 667 Å². The van der Waals surface area contributed by atoms with Crippen molar-refractivity contribution in [3.8, 4) is 23.3 Å². The fourth-order valence-electron chi connectivity index (χ4n) is 19.0. The van der Waals surface area contributed by atoms with Crippen LogP contribution in [0.1, 0.15) is 146 Å². The molecule has 8 bridgehead atoms. The molecule has 576 valence electrons. The molecule has 0 amide bonds. The van der Waals surface area contributed by atoms with Crippen LogP contribution in [0.3, 0.4) is 0 Å². The van der Waals surface area contributed by atoms with Crippen LogP contribution in [-0.2, 0) is 13.2 Å². The van der Waals surface area contributed by atoms with E-state index in [1.807, 2.05) is 97.7 Å². The second-order valence-corrected chi connectivity index (χ2v) is 31.1. The quantitative estimate of drug-likeness (QED) is 0.0499. The van der Waals surface area contributed by atoms with Gasteiger partial charge in [0.1, 0.15) is 27.9 Å². The number of aliphatic hydroxyl groups is 2. The number of rotatable bonds is 13. The van der Waals surface area contributed by atoms with Crippen LogP contribution in [0.2, 0.25) is 0 Å². The van der Waals surface area contributed by atoms with Crippen LogP contribution < -0.4 is 30.7 Å². The van der Waals surface area contributed by atoms with Gasteiger partial charge >= 0.3 is 0 Å². The third kappa shape index (κ3) is 15.8. The Balaban J connectivity index is 0.000000132. The van der Waals surface area contributed by atoms with Gasteiger partial charge in [0.15, 0.2) is 11.5 Å². The van der Waals surface area contributed by atoms with Crippen molar-refractivity contribution >= 4 is 30.9 Å². The maximum Gasteiger partial charge on any atom is 0.163 e. The summed E-state index contributed by atoms with van der Waals surface area (Å²) in [7, 11) is 3.13. The minimum Gasteiger partial charge on any atom is -0.504 e. The van der Waals surface area contributed by atoms with Crippen molar-refractivity contribution in [2.75, 3.05) is 14.2 Å². The first-order valence-electron chi connectivity index (χ1n) is 39.2. The average Bonchev–Trinajstić information content (AvgIpc) is 0.743. The molecule has 113 heavy (non-hydrogen) atoms. The van der Waals surface area contributed by atoms with Crippen LogP contribution in [0.15, 0.2) is 347 Å². The summed E-state index contributed by atoms with van der Waals surface area (Å²) in [6.45, 7) is 33.2. The minimum absolute atomic E-state index is 0.0402. The maximum atomic E-state index is 10.2. The molecule has 8 atom stereocenters. The number of aliphatic hydroxyl groups excluding tert-OH is 2. The smallest absolute Gasteiger partial charge is 0.163 e. The monoisotopic (exact) mass is 1500 g/mol. The van der Waals surface area contributed by atoms with E-state index in [1.54, 1.807) is 19.2 Å². The molecule has 0 aromatic heterocycles. The molecule has 4 aromatic rings. The van der Waals surface area contributed by atoms with Crippen LogP contribution in [0.5, 0.6) is 17.2 Å². The third-order valence-corrected chi connectivity index (χ3v) is 23.6. The number of allylic oxidation sites excluding steroid dienone is 17. The SMILES string of the molecule is C=C1C=CC2=C(CC3C=C(C)CC2(N=C/C=C/c2ccccc2)/C3=C/C)N1.C=C1C=CC2=C(CC3C=C(C)CC2(N=Cc2cc(CO)c(O)c(OC)c2)/C3=C/C)N1.C=C1C=CC2=C(CC3C=C(C)CC2(N=Cc2ccc(C#N)cc2)/C3=C/C)N1.C=C1C=CC2=C(CC3C=C(C)CC2(N=Cc2ccc(OC)cc2CO)/C3=C/C)N1. The number of nitriles is 1. The van der Waals surface area contributed by atoms with Gasteiger partial charge in [0.25, 0.3) is 0 Å². The number of dihydropyridines is 4. The summed E-state index contributed by atoms with van der Waals surface area (Å²) in [4.78, 5) is 20.7. The Bertz CT molecular complexity index is 5290. The number of aliphatic imine (C=N–C) groups is 4. The molecular weight excluding hydrogens is 1400 g/mol. The summed E-state index contributed by atoms with van der Waals surface area (Å²) < 4.78 is 10.6. The zero-order chi connectivity index (χ0) is 79.9. The Morgan fingerprint density at radius 1 is 0.469 bits per heavy atom. The number of ether oxygens (including phenoxy) is 2. The fraction of sp³-hybridized carbons (Fsp3) is 0.283. The van der Waals surface area contributed by atoms with Gasteiger partial charge in [0.05, 0.1) is 39.1 Å². The average molecular weight is 1500 g/mol. The number of hydrogen-bond donors (Lipinski definition) is 7. The van der Waals surface area contributed by atoms with Gasteiger partial charge in [0, 0.05) is 148 Å². The summed E-state index contributed by atoms with van der Waals surface area (Å²) in [5.74, 6) is 2.43. The van der Waals surface area contributed by atoms with Crippen molar-refractivity contribution < 1.29 is 24.8 Å². The lowest BCUT2D eigenvalue weighted by Crippen LogP contribution is -2.44. The lowest BCUT2D eigenvalue weighted by Gasteiger charge is -2.47. The van der Waals surface area contributed by atoms with E-state index in [4.69, 9.17) is 34.7 Å². The van der Waals surface area contributed by atoms with E-state index in [1.165, 1.54) is 102 Å². The summed E-state index contributed by atoms with van der Waals surface area (Å²) in [6, 6.07) is 29.3. The molecule has 12 aliphatic rings. The highest BCUT2D eigenvalue weighted by molar-refractivity contribution is 5.85. The lowest BCUT2D eigenvalue weighted by molar-refractivity contribution is 0.272. The Morgan fingerprint density at radius 2 is 0.867 bits per heavy atom. The molecule has 0 saturated carbocycles. The third-order valence-electron chi connectivity index (χ3n) is 23.6. The van der Waals surface area contributed by atoms with Gasteiger partial charge in [-0.15, -0.1) is 0 Å². The van der Waals surface area contributed by atoms with Crippen molar-refractivity contribution in [1.29, 1.82) is 5.26 Å². The molecule has 14 nitrogen and oxygen atoms in total. The molecule has 16 rings (SSSR count). The summed E-state index contributed by atoms with van der Waals surface area (Å²) in [5, 5.41) is 52.5. The first kappa shape index (κ1) is 79.2. The molecule has 7 N–H and O–H groups in total. The van der Waals surface area contributed by atoms with E-state index in [0.29, 0.717) is 40.5 Å². The van der Waals surface area contributed by atoms with E-state index in [-0.39, 0.29) is 30.0 Å². The molecular formula is C99H105N9O5. The van der Waals surface area contributed by atoms with Gasteiger partial charge in [0.2, 0.25) is 0 Å². The number of aromatic hydroxyl groups is 1. The van der Waals surface area contributed by atoms with Gasteiger partial charge < -0.3 is 46.1 Å². The largest absolute Gasteiger partial charge is 0.504 e. The lowest BCUT2D eigenvalue weighted by atomic mass is 9.62. The van der Waals surface area contributed by atoms with E-state index >= 15 is 0 Å². The van der Waals surface area contributed by atoms with Crippen molar-refractivity contribution in [2.45, 2.75) is 142 Å². The van der Waals surface area contributed by atoms with Gasteiger partial charge in [-0.25, -0.2) is 0 Å². The van der Waals surface area contributed by atoms with Crippen molar-refractivity contribution in [1.82, 2.24) is 21.3 Å². The van der Waals surface area contributed by atoms with Crippen LogP contribution >= 0.6 is 0 Å². The number of nitrogens with one attached hydrogen (secondary N) is 4. The summed E-state index contributed by atoms with van der Waals surface area (Å²) in [6.07, 6.45) is 54.4. The van der Waals surface area contributed by atoms with Gasteiger partial charge in [-0.2, -0.15) is 5.26 Å². The van der Waals surface area contributed by atoms with Crippen molar-refractivity contribution in [2.24, 2.45) is 43.6 Å². The number of methoxy groups -OCH3 is 2. The van der Waals surface area contributed by atoms with E-state index < -0.39 is 11.1 Å². The van der Waals surface area contributed by atoms with Crippen LogP contribution in [-0.4, -0.2) is 76.6 Å². The van der Waals surface area contributed by atoms with Crippen molar-refractivity contribution in [3.05, 3.63) is 366 Å². The van der Waals surface area contributed by atoms with E-state index in [9.17, 15) is 15.3 Å². The Hall–Kier alpha value is -11.9. The topological polar surface area (TPSA) is 200 Å². The highest BCUT2D eigenvalue weighted by Gasteiger charge is 2.52. The van der Waals surface area contributed by atoms with E-state index in [0.717, 1.165) is 102 Å². The number of fused-ring (bicyclic) bond motifs is 12. The molecule has 8 aliphatic carbocycles. The first-order chi connectivity index (χ1) is 54.6. The zero-order valence-electron chi connectivity index (χ0n) is 66.9. The molecule has 0 fully saturated rings. The molecule has 0 saturated heterocycles. The van der Waals surface area contributed by atoms with Gasteiger partial charge in [-0.1, -0.05) is 170 Å². The predicted molar refractivity (Wildman–Crippen MR) is 463 cm³/mol. The number of benzene rings is 4. The fourth-order valence-corrected chi connectivity index (χ4v) is 19.0. The molecule has 0 spiro atoms. The molecule has 14 heteroatoms. The standard InChI is InChI=1S/C25H28N2O3.C25H28N2O2.C25H26N2.C24H23N3/c1-5-20-18-8-15(2)12-25(20,21-7-6-16(3)27-22(21)11-18)26-13-17-9-19(14-28)24(29)23(10-17)30-4;1-5-22-19-10-16(2)13-25(22,23-9-6-17(3)27-24(23)12-19)26-14-18-7-8-21(29-4)11-20(18)15-28;1-4-22-21-15-18(2)17-25(22,23-13-12-19(3)27-24(23)16-21)26-14-8-11-20-9-6-5-7-10-20;1-4-21-20-11-16(2)13-24(21,22-10-5-17(3)27-23(22)12-20)26-15-19-8-6-18(14-25)7-9-19/h5-10,13,18,27-29H,3,11-12,14H2,1-2,4H3;5-11,14,19,27-28H,3,12-13,15H2,1-2,4H3;4-15,21,27H,3,16-17H2,1-2H3;4-11,15,20,27H,3,12-13H2,1-2H3/b20-5+,26-13?;22-5+,26-14?;11-8+,22-4+,26-14?;21-4+,26-15?. The van der Waals surface area contributed by atoms with Crippen molar-refractivity contribution in [3.63, 3.8) is 0 Å². The molecule has 4 heterocycles. The minimum atomic E-state index is -0.486. The molecule has 4 aromatic carbocycles. The number of phenols is 1. The highest BCUT2D eigenvalue weighted by atomic mass is 16.5. The molecule has 8 unspecified atom stereocenters. The van der Waals surface area contributed by atoms with Gasteiger partial charge in [-0.05, 0) is 204 Å². The Morgan fingerprint density at radius 3 is 1.25 bits per heavy atom. The summed E-state index contributed by atoms with van der Waals surface area (Å²) >= 11 is 0. The normalized spacial score (nSPS) is 27.6. The molecule has 4 aliphatic heterocycles. The second-order valence-electron chi connectivity index (χ2n) is 31.1. The maximum absolute atomic E-state index is 10.2. The van der Waals surface area contributed by atoms with Gasteiger partial charge in [-0.3, -0.25) is 20.0 Å². The van der Waals surface area contributed by atoms with Crippen LogP contribution in [0, 0.1) is 35.0 Å². The zero-order valence-corrected chi connectivity index (χ0v) is 66.9. The Kier molecular flexibility index (Phi) is 23.5. The first-order valence-corrected chi connectivity index (χ1v) is 39.2. The molecule has 0 radical (unpaired) electrons. The van der Waals surface area contributed by atoms with Crippen LogP contribution in [0.25, 0.3) is 6.08 Å². The highest BCUT2D eigenvalue weighted by Crippen LogP contribution is 2.57. The predicted octanol–water partition coefficient (Wildman–Crippen LogP) is 19.6. The second kappa shape index (κ2) is 33.6. The van der Waals surface area contributed by atoms with E-state index in [2.05, 4.69) is 218 Å². The number of hydrogen-bond acceptors (Lipinski definition) is 14.